The zero-order valence-electron chi connectivity index (χ0n) is 14.4. The summed E-state index contributed by atoms with van der Waals surface area (Å²) in [6.45, 7) is 0.381. The molecule has 0 bridgehead atoms. The van der Waals surface area contributed by atoms with E-state index in [9.17, 15) is 5.11 Å². The van der Waals surface area contributed by atoms with E-state index in [0.717, 1.165) is 14.7 Å². The van der Waals surface area contributed by atoms with Crippen molar-refractivity contribution >= 4 is 45.8 Å². The van der Waals surface area contributed by atoms with E-state index in [2.05, 4.69) is 27.6 Å². The number of nitrogens with zero attached hydrogens (tertiary/aromatic N) is 3. The van der Waals surface area contributed by atoms with Crippen molar-refractivity contribution in [1.29, 1.82) is 0 Å². The lowest BCUT2D eigenvalue weighted by atomic mass is 9.87. The van der Waals surface area contributed by atoms with Crippen LogP contribution in [-0.2, 0) is 18.6 Å². The van der Waals surface area contributed by atoms with Gasteiger partial charge in [-0.2, -0.15) is 0 Å². The van der Waals surface area contributed by atoms with Gasteiger partial charge in [0.1, 0.15) is 5.60 Å². The summed E-state index contributed by atoms with van der Waals surface area (Å²) in [5, 5.41) is 26.2. The summed E-state index contributed by atoms with van der Waals surface area (Å²) in [5.41, 5.74) is 0.576. The van der Waals surface area contributed by atoms with Crippen LogP contribution < -0.4 is 0 Å². The fourth-order valence-corrected chi connectivity index (χ4v) is 3.51. The highest BCUT2D eigenvalue weighted by atomic mass is 127. The Hall–Kier alpha value is -1.88. The number of aliphatic hydroxyl groups is 1. The quantitative estimate of drug-likeness (QED) is 0.283. The molecule has 1 heterocycles. The van der Waals surface area contributed by atoms with Crippen LogP contribution in [0, 0.1) is 13.7 Å². The number of benzene rings is 2. The third-order valence-corrected chi connectivity index (χ3v) is 5.19. The van der Waals surface area contributed by atoms with Crippen molar-refractivity contribution in [2.24, 2.45) is 0 Å². The molecule has 3 aromatic rings. The van der Waals surface area contributed by atoms with E-state index in [1.165, 1.54) is 0 Å². The third-order valence-electron chi connectivity index (χ3n) is 3.88. The van der Waals surface area contributed by atoms with Crippen molar-refractivity contribution in [3.63, 3.8) is 0 Å². The van der Waals surface area contributed by atoms with Crippen molar-refractivity contribution in [3.05, 3.63) is 96.0 Å². The maximum absolute atomic E-state index is 11.4. The van der Waals surface area contributed by atoms with Gasteiger partial charge in [0.2, 0.25) is 0 Å². The third kappa shape index (κ3) is 6.62. The lowest BCUT2D eigenvalue weighted by molar-refractivity contribution is -0.742. The molecule has 10 heteroatoms. The van der Waals surface area contributed by atoms with Crippen LogP contribution in [0.3, 0.4) is 0 Å². The minimum absolute atomic E-state index is 0.377. The lowest BCUT2D eigenvalue weighted by Gasteiger charge is -2.30. The molecule has 28 heavy (non-hydrogen) atoms. The molecule has 1 atom stereocenters. The zero-order chi connectivity index (χ0) is 20.7. The maximum atomic E-state index is 11.4. The highest BCUT2D eigenvalue weighted by molar-refractivity contribution is 14.1. The van der Waals surface area contributed by atoms with Gasteiger partial charge in [0.15, 0.2) is 0 Å². The molecule has 0 aliphatic carbocycles. The topological polar surface area (TPSA) is 101 Å². The van der Waals surface area contributed by atoms with Crippen molar-refractivity contribution in [1.82, 2.24) is 9.55 Å². The first-order valence-corrected chi connectivity index (χ1v) is 9.74. The minimum atomic E-state index is -1.50. The van der Waals surface area contributed by atoms with Gasteiger partial charge in [-0.1, -0.05) is 41.4 Å². The molecular formula is C18H16Cl2IN3O4. The highest BCUT2D eigenvalue weighted by Gasteiger charge is 2.31. The van der Waals surface area contributed by atoms with E-state index in [-0.39, 0.29) is 0 Å². The summed E-state index contributed by atoms with van der Waals surface area (Å²) in [4.78, 5) is 12.4. The van der Waals surface area contributed by atoms with E-state index >= 15 is 0 Å². The Kier molecular flexibility index (Phi) is 8.05. The average Bonchev–Trinajstić information content (AvgIpc) is 3.10. The summed E-state index contributed by atoms with van der Waals surface area (Å²) in [5.74, 6) is 0. The largest absolute Gasteiger partial charge is 0.383 e. The Morgan fingerprint density at radius 2 is 1.86 bits per heavy atom. The predicted molar refractivity (Wildman–Crippen MR) is 114 cm³/mol. The minimum Gasteiger partial charge on any atom is -0.383 e. The van der Waals surface area contributed by atoms with E-state index in [1.54, 1.807) is 24.7 Å². The monoisotopic (exact) mass is 535 g/mol. The fourth-order valence-electron chi connectivity index (χ4n) is 2.67. The van der Waals surface area contributed by atoms with Gasteiger partial charge in [-0.25, -0.2) is 4.98 Å². The first-order valence-electron chi connectivity index (χ1n) is 7.91. The maximum Gasteiger partial charge on any atom is 0.291 e. The molecule has 1 unspecified atom stereocenters. The smallest absolute Gasteiger partial charge is 0.291 e. The lowest BCUT2D eigenvalue weighted by Crippen LogP contribution is -2.33. The van der Waals surface area contributed by atoms with Crippen molar-refractivity contribution < 1.29 is 15.4 Å². The van der Waals surface area contributed by atoms with Crippen LogP contribution in [0.2, 0.25) is 10.0 Å². The zero-order valence-corrected chi connectivity index (χ0v) is 18.0. The van der Waals surface area contributed by atoms with Gasteiger partial charge in [0, 0.05) is 32.4 Å². The average molecular weight is 536 g/mol. The number of rotatable bonds is 5. The van der Waals surface area contributed by atoms with Crippen molar-refractivity contribution in [2.45, 2.75) is 18.6 Å². The number of hydrogen-bond donors (Lipinski definition) is 2. The molecule has 3 rings (SSSR count). The Labute approximate surface area is 184 Å². The summed E-state index contributed by atoms with van der Waals surface area (Å²) in [6.07, 6.45) is 5.60. The summed E-state index contributed by atoms with van der Waals surface area (Å²) in [6, 6.07) is 13.2. The molecular weight excluding hydrogens is 520 g/mol. The van der Waals surface area contributed by atoms with Gasteiger partial charge in [-0.05, 0) is 58.0 Å². The van der Waals surface area contributed by atoms with E-state index in [4.69, 9.17) is 38.5 Å². The molecule has 0 spiro atoms. The van der Waals surface area contributed by atoms with Crippen LogP contribution in [0.15, 0.2) is 61.2 Å². The van der Waals surface area contributed by atoms with Gasteiger partial charge >= 0.3 is 0 Å². The molecule has 0 aliphatic heterocycles. The van der Waals surface area contributed by atoms with Crippen LogP contribution in [0.5, 0.6) is 0 Å². The van der Waals surface area contributed by atoms with Gasteiger partial charge in [0.25, 0.3) is 5.09 Å². The summed E-state index contributed by atoms with van der Waals surface area (Å²) >= 11 is 14.5. The van der Waals surface area contributed by atoms with Gasteiger partial charge in [-0.3, -0.25) is 0 Å². The summed E-state index contributed by atoms with van der Waals surface area (Å²) in [7, 11) is 0. The Bertz CT molecular complexity index is 919. The molecule has 1 aromatic heterocycles. The molecule has 148 valence electrons. The molecule has 2 N–H and O–H groups in total. The molecule has 0 aliphatic rings. The number of aromatic nitrogens is 2. The van der Waals surface area contributed by atoms with Crippen molar-refractivity contribution in [2.75, 3.05) is 0 Å². The van der Waals surface area contributed by atoms with E-state index < -0.39 is 10.7 Å². The van der Waals surface area contributed by atoms with E-state index in [1.807, 2.05) is 41.1 Å². The Morgan fingerprint density at radius 3 is 2.39 bits per heavy atom. The van der Waals surface area contributed by atoms with Crippen LogP contribution in [0.4, 0.5) is 0 Å². The Morgan fingerprint density at radius 1 is 1.21 bits per heavy atom. The first kappa shape index (κ1) is 22.4. The highest BCUT2D eigenvalue weighted by Crippen LogP contribution is 2.32. The van der Waals surface area contributed by atoms with E-state index in [0.29, 0.717) is 23.0 Å². The number of hydrogen-bond acceptors (Lipinski definition) is 4. The molecule has 7 nitrogen and oxygen atoms in total. The van der Waals surface area contributed by atoms with Crippen molar-refractivity contribution in [3.8, 4) is 0 Å². The first-order chi connectivity index (χ1) is 13.2. The van der Waals surface area contributed by atoms with Gasteiger partial charge < -0.3 is 14.9 Å². The second-order valence-electron chi connectivity index (χ2n) is 5.92. The number of halogens is 3. The van der Waals surface area contributed by atoms with Crippen LogP contribution in [0.1, 0.15) is 11.1 Å². The molecule has 0 saturated carbocycles. The van der Waals surface area contributed by atoms with Crippen LogP contribution in [-0.4, -0.2) is 25.0 Å². The summed E-state index contributed by atoms with van der Waals surface area (Å²) < 4.78 is 2.98. The molecule has 0 saturated heterocycles. The molecule has 0 fully saturated rings. The normalized spacial score (nSPS) is 12.6. The Balaban J connectivity index is 0.000000640. The second-order valence-corrected chi connectivity index (χ2v) is 8.01. The van der Waals surface area contributed by atoms with Crippen LogP contribution >= 0.6 is 45.8 Å². The fraction of sp³-hybridized carbons (Fsp3) is 0.167. The second kappa shape index (κ2) is 10.1. The number of imidazole rings is 1. The molecule has 2 aromatic carbocycles. The van der Waals surface area contributed by atoms with Gasteiger partial charge in [0.05, 0.1) is 12.9 Å². The van der Waals surface area contributed by atoms with Gasteiger partial charge in [-0.15, -0.1) is 10.1 Å². The van der Waals surface area contributed by atoms with Crippen LogP contribution in [0.25, 0.3) is 0 Å². The predicted octanol–water partition coefficient (Wildman–Crippen LogP) is 4.58. The molecule has 0 amide bonds. The molecule has 0 radical (unpaired) electrons. The standard InChI is InChI=1S/C18H15Cl2IN2O.HNO3/c19-15-4-1-13(17(20)9-15)10-18(24,11-23-8-7-22-12-23)14-2-5-16(21)6-3-14;2-1(3)4/h1-9,12,24H,10-11H2;(H,2,3,4). The SMILES string of the molecule is O=[N+]([O-])O.OC(Cc1ccc(Cl)cc1Cl)(Cn1ccnc1)c1ccc(I)cc1.